The summed E-state index contributed by atoms with van der Waals surface area (Å²) in [4.78, 5) is 15.5. The van der Waals surface area contributed by atoms with E-state index in [9.17, 15) is 4.79 Å². The van der Waals surface area contributed by atoms with E-state index in [4.69, 9.17) is 9.05 Å². The zero-order chi connectivity index (χ0) is 13.6. The van der Waals surface area contributed by atoms with E-state index >= 15 is 0 Å². The maximum absolute atomic E-state index is 11.3. The molecule has 0 radical (unpaired) electrons. The first-order valence-corrected chi connectivity index (χ1v) is 9.35. The number of methoxy groups -OCH3 is 1. The van der Waals surface area contributed by atoms with Gasteiger partial charge in [-0.2, -0.15) is 4.98 Å². The molecule has 6 nitrogen and oxygen atoms in total. The van der Waals surface area contributed by atoms with Gasteiger partial charge in [-0.25, -0.2) is 0 Å². The lowest BCUT2D eigenvalue weighted by Gasteiger charge is -2.20. The van der Waals surface area contributed by atoms with E-state index in [2.05, 4.69) is 36.9 Å². The van der Waals surface area contributed by atoms with Gasteiger partial charge in [-0.3, -0.25) is 4.79 Å². The Morgan fingerprint density at radius 3 is 2.89 bits per heavy atom. The highest BCUT2D eigenvalue weighted by Gasteiger charge is 2.26. The normalized spacial score (nSPS) is 12.2. The fourth-order valence-corrected chi connectivity index (χ4v) is 2.10. The summed E-state index contributed by atoms with van der Waals surface area (Å²) in [5, 5.41) is 3.81. The van der Waals surface area contributed by atoms with Crippen molar-refractivity contribution in [3.05, 3.63) is 11.7 Å². The summed E-state index contributed by atoms with van der Waals surface area (Å²) in [7, 11) is 1.38. The predicted octanol–water partition coefficient (Wildman–Crippen LogP) is 2.66. The lowest BCUT2D eigenvalue weighted by molar-refractivity contribution is -0.142. The minimum atomic E-state index is -0.275. The number of esters is 1. The van der Waals surface area contributed by atoms with Gasteiger partial charge in [0.05, 0.1) is 20.0 Å². The number of nitrogens with zero attached hydrogens (tertiary/aromatic N) is 2. The molecule has 0 saturated heterocycles. The van der Waals surface area contributed by atoms with Crippen LogP contribution in [0, 0.1) is 5.41 Å². The zero-order valence-electron chi connectivity index (χ0n) is 10.5. The standard InChI is InChI=1S/C10H16IN2O4P/c1-10(2,5-9(14)15-3)4-8-12-7(13-17-8)6-16-18-11/h18H,4-6H2,1-3H3. The van der Waals surface area contributed by atoms with Crippen molar-refractivity contribution in [1.29, 1.82) is 0 Å². The highest BCUT2D eigenvalue weighted by molar-refractivity contribution is 14.2. The maximum Gasteiger partial charge on any atom is 0.306 e. The second kappa shape index (κ2) is 7.35. The molecule has 102 valence electrons. The molecule has 18 heavy (non-hydrogen) atoms. The predicted molar refractivity (Wildman–Crippen MR) is 75.5 cm³/mol. The van der Waals surface area contributed by atoms with Gasteiger partial charge in [0, 0.05) is 6.42 Å². The zero-order valence-corrected chi connectivity index (χ0v) is 13.7. The Morgan fingerprint density at radius 1 is 1.56 bits per heavy atom. The number of aromatic nitrogens is 2. The second-order valence-corrected chi connectivity index (χ2v) is 6.33. The SMILES string of the molecule is COC(=O)CC(C)(C)Cc1nc(COPI)no1. The fourth-order valence-electron chi connectivity index (χ4n) is 1.45. The van der Waals surface area contributed by atoms with Gasteiger partial charge in [-0.1, -0.05) is 19.0 Å². The molecule has 1 rings (SSSR count). The van der Waals surface area contributed by atoms with Crippen LogP contribution < -0.4 is 0 Å². The average molecular weight is 386 g/mol. The minimum Gasteiger partial charge on any atom is -0.469 e. The van der Waals surface area contributed by atoms with Crippen molar-refractivity contribution in [3.63, 3.8) is 0 Å². The van der Waals surface area contributed by atoms with E-state index in [0.29, 0.717) is 37.6 Å². The number of rotatable bonds is 7. The Labute approximate surface area is 121 Å². The largest absolute Gasteiger partial charge is 0.469 e. The van der Waals surface area contributed by atoms with Crippen LogP contribution in [0.3, 0.4) is 0 Å². The van der Waals surface area contributed by atoms with Gasteiger partial charge < -0.3 is 13.8 Å². The summed E-state index contributed by atoms with van der Waals surface area (Å²) in [6.07, 6.45) is 0.842. The summed E-state index contributed by atoms with van der Waals surface area (Å²) >= 11 is 2.13. The van der Waals surface area contributed by atoms with E-state index in [1.165, 1.54) is 7.11 Å². The summed E-state index contributed by atoms with van der Waals surface area (Å²) < 4.78 is 15.0. The van der Waals surface area contributed by atoms with Crippen LogP contribution in [0.15, 0.2) is 4.52 Å². The highest BCUT2D eigenvalue weighted by Crippen LogP contribution is 2.26. The molecule has 0 aromatic carbocycles. The molecule has 1 unspecified atom stereocenters. The molecule has 8 heteroatoms. The first kappa shape index (κ1) is 15.8. The summed E-state index contributed by atoms with van der Waals surface area (Å²) in [5.74, 6) is 0.802. The molecule has 0 spiro atoms. The Balaban J connectivity index is 2.55. The van der Waals surface area contributed by atoms with Crippen LogP contribution in [0.25, 0.3) is 0 Å². The average Bonchev–Trinajstić information content (AvgIpc) is 2.72. The molecule has 1 heterocycles. The third-order valence-electron chi connectivity index (χ3n) is 2.25. The first-order valence-electron chi connectivity index (χ1n) is 5.32. The van der Waals surface area contributed by atoms with E-state index in [0.717, 1.165) is 0 Å². The number of halogens is 1. The van der Waals surface area contributed by atoms with E-state index in [1.807, 2.05) is 13.8 Å². The molecule has 0 bridgehead atoms. The van der Waals surface area contributed by atoms with Crippen LogP contribution in [0.5, 0.6) is 0 Å². The molecule has 0 saturated carbocycles. The number of hydrogen-bond donors (Lipinski definition) is 0. The van der Waals surface area contributed by atoms with Crippen molar-refractivity contribution in [2.75, 3.05) is 7.11 Å². The van der Waals surface area contributed by atoms with Crippen molar-refractivity contribution >= 4 is 34.5 Å². The summed E-state index contributed by atoms with van der Waals surface area (Å²) in [6.45, 7) is 4.63. The lowest BCUT2D eigenvalue weighted by atomic mass is 9.86. The number of ether oxygens (including phenoxy) is 1. The van der Waals surface area contributed by atoms with Crippen molar-refractivity contribution in [2.24, 2.45) is 5.41 Å². The molecule has 0 aliphatic rings. The molecule has 0 fully saturated rings. The highest BCUT2D eigenvalue weighted by atomic mass is 127. The molecule has 0 aliphatic carbocycles. The van der Waals surface area contributed by atoms with Gasteiger partial charge in [-0.15, -0.1) is 0 Å². The molecule has 1 aromatic rings. The van der Waals surface area contributed by atoms with Gasteiger partial charge in [-0.05, 0) is 27.5 Å². The number of carbonyl (C=O) groups excluding carboxylic acids is 1. The number of carbonyl (C=O) groups is 1. The fraction of sp³-hybridized carbons (Fsp3) is 0.700. The molecule has 1 aromatic heterocycles. The Morgan fingerprint density at radius 2 is 2.28 bits per heavy atom. The minimum absolute atomic E-state index is 0.241. The van der Waals surface area contributed by atoms with Gasteiger partial charge in [0.15, 0.2) is 5.82 Å². The Kier molecular flexibility index (Phi) is 6.45. The van der Waals surface area contributed by atoms with Gasteiger partial charge in [0.1, 0.15) is 6.61 Å². The van der Waals surface area contributed by atoms with E-state index in [-0.39, 0.29) is 11.4 Å². The molecule has 0 amide bonds. The van der Waals surface area contributed by atoms with Crippen LogP contribution in [-0.4, -0.2) is 23.2 Å². The lowest BCUT2D eigenvalue weighted by Crippen LogP contribution is -2.21. The van der Waals surface area contributed by atoms with Gasteiger partial charge in [0.25, 0.3) is 0 Å². The smallest absolute Gasteiger partial charge is 0.306 e. The summed E-state index contributed by atoms with van der Waals surface area (Å²) in [5.41, 5.74) is -0.275. The third kappa shape index (κ3) is 5.58. The van der Waals surface area contributed by atoms with E-state index in [1.54, 1.807) is 0 Å². The van der Waals surface area contributed by atoms with Crippen molar-refractivity contribution in [3.8, 4) is 0 Å². The second-order valence-electron chi connectivity index (χ2n) is 4.56. The topological polar surface area (TPSA) is 74.5 Å². The van der Waals surface area contributed by atoms with Crippen LogP contribution in [0.1, 0.15) is 32.0 Å². The molecule has 1 atom stereocenters. The van der Waals surface area contributed by atoms with Crippen LogP contribution >= 0.6 is 28.5 Å². The van der Waals surface area contributed by atoms with Crippen LogP contribution in [0.4, 0.5) is 0 Å². The molecular weight excluding hydrogens is 370 g/mol. The van der Waals surface area contributed by atoms with Crippen molar-refractivity contribution < 1.29 is 18.6 Å². The van der Waals surface area contributed by atoms with Gasteiger partial charge in [0.2, 0.25) is 5.89 Å². The van der Waals surface area contributed by atoms with Crippen molar-refractivity contribution in [2.45, 2.75) is 33.3 Å². The molecule has 0 N–H and O–H groups in total. The monoisotopic (exact) mass is 386 g/mol. The first-order chi connectivity index (χ1) is 8.46. The van der Waals surface area contributed by atoms with E-state index < -0.39 is 0 Å². The Hall–Kier alpha value is -0.270. The van der Waals surface area contributed by atoms with Gasteiger partial charge >= 0.3 is 5.97 Å². The summed E-state index contributed by atoms with van der Waals surface area (Å²) in [6, 6.07) is 0. The number of hydrogen-bond acceptors (Lipinski definition) is 6. The quantitative estimate of drug-likeness (QED) is 0.408. The molecule has 0 aliphatic heterocycles. The molecular formula is C10H16IN2O4P. The third-order valence-corrected chi connectivity index (χ3v) is 3.43. The Bertz CT molecular complexity index is 397. The maximum atomic E-state index is 11.3. The van der Waals surface area contributed by atoms with Crippen LogP contribution in [0.2, 0.25) is 0 Å². The van der Waals surface area contributed by atoms with Crippen LogP contribution in [-0.2, 0) is 27.1 Å². The van der Waals surface area contributed by atoms with Crippen molar-refractivity contribution in [1.82, 2.24) is 10.1 Å².